The van der Waals surface area contributed by atoms with E-state index in [4.69, 9.17) is 9.47 Å². The summed E-state index contributed by atoms with van der Waals surface area (Å²) in [6.07, 6.45) is 5.09. The predicted octanol–water partition coefficient (Wildman–Crippen LogP) is 3.21. The van der Waals surface area contributed by atoms with E-state index in [9.17, 15) is 8.42 Å². The van der Waals surface area contributed by atoms with E-state index in [-0.39, 0.29) is 10.9 Å². The standard InChI is InChI=1S/C17H19BrN2O4S/c1-23-15-8-14(18)17(9-16(15)24-2)25(21,22)20(13-5-6-13)11-12-4-3-7-19-10-12/h3-4,7-10,13H,5-6,11H2,1-2H3. The van der Waals surface area contributed by atoms with E-state index >= 15 is 0 Å². The third-order valence-corrected chi connectivity index (χ3v) is 6.90. The van der Waals surface area contributed by atoms with Crippen molar-refractivity contribution in [3.05, 3.63) is 46.7 Å². The molecule has 0 amide bonds. The van der Waals surface area contributed by atoms with Gasteiger partial charge in [-0.05, 0) is 46.5 Å². The first-order valence-electron chi connectivity index (χ1n) is 7.79. The van der Waals surface area contributed by atoms with Gasteiger partial charge in [-0.2, -0.15) is 4.31 Å². The summed E-state index contributed by atoms with van der Waals surface area (Å²) in [6.45, 7) is 0.293. The Morgan fingerprint density at radius 1 is 1.24 bits per heavy atom. The van der Waals surface area contributed by atoms with Crippen LogP contribution in [0.25, 0.3) is 0 Å². The Kier molecular flexibility index (Phi) is 5.31. The van der Waals surface area contributed by atoms with Crippen molar-refractivity contribution in [2.24, 2.45) is 0 Å². The zero-order valence-electron chi connectivity index (χ0n) is 14.0. The second kappa shape index (κ2) is 7.31. The van der Waals surface area contributed by atoms with Crippen LogP contribution < -0.4 is 9.47 Å². The maximum Gasteiger partial charge on any atom is 0.244 e. The SMILES string of the molecule is COc1cc(Br)c(S(=O)(=O)N(Cc2cccnc2)C2CC2)cc1OC. The molecule has 0 aliphatic heterocycles. The lowest BCUT2D eigenvalue weighted by Gasteiger charge is -2.23. The fourth-order valence-corrected chi connectivity index (χ4v) is 5.28. The lowest BCUT2D eigenvalue weighted by atomic mass is 10.3. The third-order valence-electron chi connectivity index (χ3n) is 4.04. The summed E-state index contributed by atoms with van der Waals surface area (Å²) in [4.78, 5) is 4.24. The normalized spacial score (nSPS) is 14.6. The van der Waals surface area contributed by atoms with Crippen molar-refractivity contribution >= 4 is 26.0 Å². The highest BCUT2D eigenvalue weighted by Gasteiger charge is 2.39. The van der Waals surface area contributed by atoms with E-state index in [0.717, 1.165) is 18.4 Å². The van der Waals surface area contributed by atoms with Crippen LogP contribution in [0.2, 0.25) is 0 Å². The quantitative estimate of drug-likeness (QED) is 0.679. The lowest BCUT2D eigenvalue weighted by Crippen LogP contribution is -2.33. The summed E-state index contributed by atoms with van der Waals surface area (Å²) < 4.78 is 39.0. The van der Waals surface area contributed by atoms with Crippen molar-refractivity contribution in [2.75, 3.05) is 14.2 Å². The lowest BCUT2D eigenvalue weighted by molar-refractivity contribution is 0.352. The van der Waals surface area contributed by atoms with Crippen LogP contribution in [-0.2, 0) is 16.6 Å². The summed E-state index contributed by atoms with van der Waals surface area (Å²) in [7, 11) is -0.707. The molecular formula is C17H19BrN2O4S. The first-order chi connectivity index (χ1) is 12.0. The number of methoxy groups -OCH3 is 2. The Labute approximate surface area is 156 Å². The fourth-order valence-electron chi connectivity index (χ4n) is 2.60. The van der Waals surface area contributed by atoms with Crippen LogP contribution >= 0.6 is 15.9 Å². The van der Waals surface area contributed by atoms with Gasteiger partial charge in [0.2, 0.25) is 10.0 Å². The first kappa shape index (κ1) is 18.2. The van der Waals surface area contributed by atoms with E-state index in [2.05, 4.69) is 20.9 Å². The predicted molar refractivity (Wildman–Crippen MR) is 97.2 cm³/mol. The van der Waals surface area contributed by atoms with Crippen LogP contribution in [0, 0.1) is 0 Å². The van der Waals surface area contributed by atoms with E-state index in [1.165, 1.54) is 24.6 Å². The monoisotopic (exact) mass is 426 g/mol. The zero-order valence-corrected chi connectivity index (χ0v) is 16.4. The number of hydrogen-bond donors (Lipinski definition) is 0. The van der Waals surface area contributed by atoms with Crippen molar-refractivity contribution in [3.8, 4) is 11.5 Å². The summed E-state index contributed by atoms with van der Waals surface area (Å²) >= 11 is 3.36. The molecular weight excluding hydrogens is 408 g/mol. The maximum absolute atomic E-state index is 13.3. The molecule has 1 aliphatic carbocycles. The van der Waals surface area contributed by atoms with Gasteiger partial charge < -0.3 is 9.47 Å². The molecule has 8 heteroatoms. The molecule has 134 valence electrons. The molecule has 1 heterocycles. The first-order valence-corrected chi connectivity index (χ1v) is 10.0. The zero-order chi connectivity index (χ0) is 18.0. The Balaban J connectivity index is 2.01. The second-order valence-electron chi connectivity index (χ2n) is 5.78. The molecule has 0 atom stereocenters. The van der Waals surface area contributed by atoms with Gasteiger partial charge in [0.05, 0.1) is 14.2 Å². The Morgan fingerprint density at radius 2 is 1.92 bits per heavy atom. The summed E-state index contributed by atoms with van der Waals surface area (Å²) in [5.74, 6) is 0.847. The van der Waals surface area contributed by atoms with E-state index in [0.29, 0.717) is 22.5 Å². The van der Waals surface area contributed by atoms with Crippen molar-refractivity contribution in [3.63, 3.8) is 0 Å². The molecule has 2 aromatic rings. The number of pyridine rings is 1. The van der Waals surface area contributed by atoms with Gasteiger partial charge in [-0.15, -0.1) is 0 Å². The number of sulfonamides is 1. The average Bonchev–Trinajstić information content (AvgIpc) is 3.44. The maximum atomic E-state index is 13.3. The molecule has 1 saturated carbocycles. The van der Waals surface area contributed by atoms with Gasteiger partial charge >= 0.3 is 0 Å². The van der Waals surface area contributed by atoms with Crippen LogP contribution in [0.1, 0.15) is 18.4 Å². The number of ether oxygens (including phenoxy) is 2. The van der Waals surface area contributed by atoms with Gasteiger partial charge in [0.15, 0.2) is 11.5 Å². The molecule has 0 radical (unpaired) electrons. The van der Waals surface area contributed by atoms with Crippen LogP contribution in [0.5, 0.6) is 11.5 Å². The Morgan fingerprint density at radius 3 is 2.48 bits per heavy atom. The Bertz CT molecular complexity index is 854. The van der Waals surface area contributed by atoms with Gasteiger partial charge in [-0.1, -0.05) is 6.07 Å². The highest BCUT2D eigenvalue weighted by Crippen LogP contribution is 2.40. The van der Waals surface area contributed by atoms with Gasteiger partial charge in [-0.25, -0.2) is 8.42 Å². The van der Waals surface area contributed by atoms with E-state index in [1.807, 2.05) is 6.07 Å². The number of halogens is 1. The summed E-state index contributed by atoms with van der Waals surface area (Å²) in [5.41, 5.74) is 0.856. The van der Waals surface area contributed by atoms with Crippen molar-refractivity contribution in [1.82, 2.24) is 9.29 Å². The van der Waals surface area contributed by atoms with Gasteiger partial charge in [0.1, 0.15) is 4.90 Å². The van der Waals surface area contributed by atoms with Gasteiger partial charge in [0.25, 0.3) is 0 Å². The molecule has 1 aromatic carbocycles. The van der Waals surface area contributed by atoms with Gasteiger partial charge in [0, 0.05) is 35.5 Å². The van der Waals surface area contributed by atoms with Crippen LogP contribution in [0.4, 0.5) is 0 Å². The van der Waals surface area contributed by atoms with Crippen molar-refractivity contribution in [1.29, 1.82) is 0 Å². The van der Waals surface area contributed by atoms with Crippen LogP contribution in [0.3, 0.4) is 0 Å². The molecule has 3 rings (SSSR count). The highest BCUT2D eigenvalue weighted by atomic mass is 79.9. The highest BCUT2D eigenvalue weighted by molar-refractivity contribution is 9.10. The van der Waals surface area contributed by atoms with E-state index in [1.54, 1.807) is 24.5 Å². The molecule has 0 unspecified atom stereocenters. The molecule has 6 nitrogen and oxygen atoms in total. The van der Waals surface area contributed by atoms with Crippen molar-refractivity contribution in [2.45, 2.75) is 30.3 Å². The Hall–Kier alpha value is -1.64. The minimum atomic E-state index is -3.70. The van der Waals surface area contributed by atoms with Gasteiger partial charge in [-0.3, -0.25) is 4.98 Å². The largest absolute Gasteiger partial charge is 0.493 e. The van der Waals surface area contributed by atoms with Crippen molar-refractivity contribution < 1.29 is 17.9 Å². The molecule has 0 spiro atoms. The van der Waals surface area contributed by atoms with Crippen LogP contribution in [0.15, 0.2) is 46.0 Å². The minimum absolute atomic E-state index is 0.0187. The average molecular weight is 427 g/mol. The number of aromatic nitrogens is 1. The molecule has 1 aliphatic rings. The van der Waals surface area contributed by atoms with E-state index < -0.39 is 10.0 Å². The summed E-state index contributed by atoms with van der Waals surface area (Å²) in [6, 6.07) is 6.81. The molecule has 25 heavy (non-hydrogen) atoms. The third kappa shape index (κ3) is 3.80. The molecule has 1 fully saturated rings. The topological polar surface area (TPSA) is 68.7 Å². The molecule has 0 bridgehead atoms. The molecule has 0 saturated heterocycles. The number of rotatable bonds is 7. The summed E-state index contributed by atoms with van der Waals surface area (Å²) in [5, 5.41) is 0. The number of benzene rings is 1. The van der Waals surface area contributed by atoms with Crippen LogP contribution in [-0.4, -0.2) is 38.0 Å². The smallest absolute Gasteiger partial charge is 0.244 e. The molecule has 0 N–H and O–H groups in total. The number of hydrogen-bond acceptors (Lipinski definition) is 5. The molecule has 1 aromatic heterocycles. The second-order valence-corrected chi connectivity index (χ2v) is 8.49. The fraction of sp³-hybridized carbons (Fsp3) is 0.353. The number of nitrogens with zero attached hydrogens (tertiary/aromatic N) is 2. The minimum Gasteiger partial charge on any atom is -0.493 e.